The molecule has 0 spiro atoms. The highest BCUT2D eigenvalue weighted by Crippen LogP contribution is 2.36. The monoisotopic (exact) mass is 573 g/mol. The Hall–Kier alpha value is -3.77. The van der Waals surface area contributed by atoms with E-state index in [0.717, 1.165) is 0 Å². The number of thiazole rings is 1. The van der Waals surface area contributed by atoms with E-state index in [9.17, 15) is 14.4 Å². The molecule has 0 aliphatic carbocycles. The fourth-order valence-corrected chi connectivity index (χ4v) is 5.23. The van der Waals surface area contributed by atoms with Crippen molar-refractivity contribution in [3.8, 4) is 17.0 Å². The van der Waals surface area contributed by atoms with Crippen LogP contribution in [0.4, 0.5) is 10.9 Å². The van der Waals surface area contributed by atoms with E-state index in [2.05, 4.69) is 20.3 Å². The Bertz CT molecular complexity index is 1340. The van der Waals surface area contributed by atoms with Gasteiger partial charge >= 0.3 is 11.9 Å². The number of carbonyl (C=O) groups is 3. The standard InChI is InChI=1S/C26H28ClN5O6S/c1-4-37-25(35)16-7-9-32(10-8-16)22-13-28-19(12-29-22)24(34)31-26-30-23(21(39-26)14-38-15(2)33)17-5-6-20(36-3)18(27)11-17/h5-6,11-13,16H,4,7-10,14H2,1-3H3,(H,30,31,34). The molecular weight excluding hydrogens is 546 g/mol. The highest BCUT2D eigenvalue weighted by molar-refractivity contribution is 7.16. The van der Waals surface area contributed by atoms with E-state index in [0.29, 0.717) is 70.4 Å². The predicted octanol–water partition coefficient (Wildman–Crippen LogP) is 4.36. The summed E-state index contributed by atoms with van der Waals surface area (Å²) < 4.78 is 15.5. The Morgan fingerprint density at radius 2 is 1.92 bits per heavy atom. The molecule has 0 unspecified atom stereocenters. The number of nitrogens with zero attached hydrogens (tertiary/aromatic N) is 4. The second-order valence-corrected chi connectivity index (χ2v) is 10.1. The number of methoxy groups -OCH3 is 1. The van der Waals surface area contributed by atoms with Crippen molar-refractivity contribution in [2.24, 2.45) is 5.92 Å². The zero-order chi connectivity index (χ0) is 27.9. The highest BCUT2D eigenvalue weighted by atomic mass is 35.5. The van der Waals surface area contributed by atoms with Gasteiger partial charge in [0.15, 0.2) is 5.13 Å². The third-order valence-corrected chi connectivity index (χ3v) is 7.30. The van der Waals surface area contributed by atoms with Crippen molar-refractivity contribution in [1.82, 2.24) is 15.0 Å². The molecule has 39 heavy (non-hydrogen) atoms. The van der Waals surface area contributed by atoms with Gasteiger partial charge < -0.3 is 19.1 Å². The second kappa shape index (κ2) is 12.9. The minimum Gasteiger partial charge on any atom is -0.495 e. The number of benzene rings is 1. The molecular formula is C26H28ClN5O6S. The molecule has 1 aromatic carbocycles. The SMILES string of the molecule is CCOC(=O)C1CCN(c2cnc(C(=O)Nc3nc(-c4ccc(OC)c(Cl)c4)c(COC(C)=O)s3)cn2)CC1. The van der Waals surface area contributed by atoms with Crippen LogP contribution >= 0.6 is 22.9 Å². The molecule has 1 N–H and O–H groups in total. The molecule has 1 amide bonds. The van der Waals surface area contributed by atoms with Crippen LogP contribution in [-0.4, -0.2) is 59.6 Å². The van der Waals surface area contributed by atoms with Crippen LogP contribution in [0.3, 0.4) is 0 Å². The Morgan fingerprint density at radius 3 is 2.54 bits per heavy atom. The van der Waals surface area contributed by atoms with Crippen molar-refractivity contribution in [2.75, 3.05) is 37.0 Å². The summed E-state index contributed by atoms with van der Waals surface area (Å²) in [5, 5.41) is 3.44. The van der Waals surface area contributed by atoms with E-state index in [4.69, 9.17) is 25.8 Å². The van der Waals surface area contributed by atoms with Crippen LogP contribution in [0.2, 0.25) is 5.02 Å². The van der Waals surface area contributed by atoms with Gasteiger partial charge in [-0.15, -0.1) is 0 Å². The lowest BCUT2D eigenvalue weighted by Crippen LogP contribution is -2.37. The van der Waals surface area contributed by atoms with Crippen LogP contribution in [-0.2, 0) is 25.7 Å². The third kappa shape index (κ3) is 7.01. The number of aromatic nitrogens is 3. The Labute approximate surface area is 234 Å². The molecule has 1 aliphatic heterocycles. The number of ether oxygens (including phenoxy) is 3. The minimum atomic E-state index is -0.484. The number of anilines is 2. The fourth-order valence-electron chi connectivity index (χ4n) is 4.08. The smallest absolute Gasteiger partial charge is 0.309 e. The summed E-state index contributed by atoms with van der Waals surface area (Å²) in [6, 6.07) is 5.18. The lowest BCUT2D eigenvalue weighted by Gasteiger charge is -2.31. The number of halogens is 1. The first-order valence-corrected chi connectivity index (χ1v) is 13.5. The summed E-state index contributed by atoms with van der Waals surface area (Å²) >= 11 is 7.47. The van der Waals surface area contributed by atoms with Gasteiger partial charge in [-0.3, -0.25) is 19.7 Å². The maximum absolute atomic E-state index is 12.9. The van der Waals surface area contributed by atoms with Crippen molar-refractivity contribution in [1.29, 1.82) is 0 Å². The Kier molecular flexibility index (Phi) is 9.31. The van der Waals surface area contributed by atoms with Gasteiger partial charge in [-0.05, 0) is 38.0 Å². The summed E-state index contributed by atoms with van der Waals surface area (Å²) in [5.74, 6) is -0.0503. The van der Waals surface area contributed by atoms with E-state index in [1.165, 1.54) is 31.6 Å². The van der Waals surface area contributed by atoms with Gasteiger partial charge in [0.1, 0.15) is 23.9 Å². The minimum absolute atomic E-state index is 0.0107. The third-order valence-electron chi connectivity index (χ3n) is 6.06. The van der Waals surface area contributed by atoms with Crippen molar-refractivity contribution in [3.05, 3.63) is 46.2 Å². The number of rotatable bonds is 9. The number of amides is 1. The van der Waals surface area contributed by atoms with Crippen LogP contribution in [0.25, 0.3) is 11.3 Å². The summed E-state index contributed by atoms with van der Waals surface area (Å²) in [7, 11) is 1.52. The van der Waals surface area contributed by atoms with Crippen LogP contribution < -0.4 is 15.0 Å². The molecule has 1 saturated heterocycles. The molecule has 4 rings (SSSR count). The van der Waals surface area contributed by atoms with Gasteiger partial charge in [-0.1, -0.05) is 22.9 Å². The van der Waals surface area contributed by atoms with Gasteiger partial charge in [0.25, 0.3) is 5.91 Å². The van der Waals surface area contributed by atoms with Gasteiger partial charge in [0.05, 0.1) is 47.6 Å². The van der Waals surface area contributed by atoms with Gasteiger partial charge in [-0.2, -0.15) is 0 Å². The van der Waals surface area contributed by atoms with Crippen LogP contribution in [0.1, 0.15) is 42.1 Å². The first kappa shape index (κ1) is 28.2. The number of hydrogen-bond donors (Lipinski definition) is 1. The Morgan fingerprint density at radius 1 is 1.15 bits per heavy atom. The molecule has 206 valence electrons. The molecule has 0 saturated carbocycles. The Balaban J connectivity index is 1.45. The van der Waals surface area contributed by atoms with E-state index in [1.807, 2.05) is 4.90 Å². The lowest BCUT2D eigenvalue weighted by molar-refractivity contribution is -0.148. The van der Waals surface area contributed by atoms with Gasteiger partial charge in [0, 0.05) is 25.6 Å². The summed E-state index contributed by atoms with van der Waals surface area (Å²) in [5.41, 5.74) is 1.32. The van der Waals surface area contributed by atoms with E-state index in [-0.39, 0.29) is 24.2 Å². The van der Waals surface area contributed by atoms with Crippen LogP contribution in [0.15, 0.2) is 30.6 Å². The van der Waals surface area contributed by atoms with E-state index >= 15 is 0 Å². The van der Waals surface area contributed by atoms with Crippen molar-refractivity contribution in [2.45, 2.75) is 33.3 Å². The number of piperidine rings is 1. The van der Waals surface area contributed by atoms with Gasteiger partial charge in [-0.25, -0.2) is 15.0 Å². The van der Waals surface area contributed by atoms with Gasteiger partial charge in [0.2, 0.25) is 0 Å². The zero-order valence-electron chi connectivity index (χ0n) is 21.7. The molecule has 3 heterocycles. The first-order chi connectivity index (χ1) is 18.8. The number of nitrogens with one attached hydrogen (secondary N) is 1. The predicted molar refractivity (Wildman–Crippen MR) is 146 cm³/mol. The molecule has 3 aromatic rings. The average Bonchev–Trinajstić information content (AvgIpc) is 3.34. The summed E-state index contributed by atoms with van der Waals surface area (Å²) in [6.07, 6.45) is 4.28. The summed E-state index contributed by atoms with van der Waals surface area (Å²) in [4.78, 5) is 52.2. The number of esters is 2. The normalized spacial score (nSPS) is 13.6. The molecule has 1 fully saturated rings. The van der Waals surface area contributed by atoms with E-state index in [1.54, 1.807) is 31.3 Å². The maximum Gasteiger partial charge on any atom is 0.309 e. The zero-order valence-corrected chi connectivity index (χ0v) is 23.3. The topological polar surface area (TPSA) is 133 Å². The number of carbonyl (C=O) groups excluding carboxylic acids is 3. The summed E-state index contributed by atoms with van der Waals surface area (Å²) in [6.45, 7) is 4.77. The maximum atomic E-state index is 12.9. The molecule has 11 nitrogen and oxygen atoms in total. The molecule has 0 radical (unpaired) electrons. The van der Waals surface area contributed by atoms with Crippen LogP contribution in [0, 0.1) is 5.92 Å². The largest absolute Gasteiger partial charge is 0.495 e. The average molecular weight is 574 g/mol. The first-order valence-electron chi connectivity index (χ1n) is 12.3. The molecule has 0 atom stereocenters. The molecule has 2 aromatic heterocycles. The number of hydrogen-bond acceptors (Lipinski definition) is 11. The van der Waals surface area contributed by atoms with E-state index < -0.39 is 11.9 Å². The highest BCUT2D eigenvalue weighted by Gasteiger charge is 2.27. The molecule has 1 aliphatic rings. The lowest BCUT2D eigenvalue weighted by atomic mass is 9.97. The fraction of sp³-hybridized carbons (Fsp3) is 0.385. The second-order valence-electron chi connectivity index (χ2n) is 8.65. The van der Waals surface area contributed by atoms with Crippen molar-refractivity contribution in [3.63, 3.8) is 0 Å². The van der Waals surface area contributed by atoms with Crippen molar-refractivity contribution >= 4 is 51.7 Å². The van der Waals surface area contributed by atoms with Crippen LogP contribution in [0.5, 0.6) is 5.75 Å². The van der Waals surface area contributed by atoms with Crippen molar-refractivity contribution < 1.29 is 28.6 Å². The molecule has 0 bridgehead atoms. The molecule has 13 heteroatoms. The quantitative estimate of drug-likeness (QED) is 0.368.